The summed E-state index contributed by atoms with van der Waals surface area (Å²) in [6.45, 7) is 4.04. The van der Waals surface area contributed by atoms with Gasteiger partial charge in [0.25, 0.3) is 0 Å². The minimum Gasteiger partial charge on any atom is -0.497 e. The summed E-state index contributed by atoms with van der Waals surface area (Å²) < 4.78 is 10.6. The highest BCUT2D eigenvalue weighted by molar-refractivity contribution is 5.91. The Morgan fingerprint density at radius 1 is 1.00 bits per heavy atom. The largest absolute Gasteiger partial charge is 0.497 e. The lowest BCUT2D eigenvalue weighted by Gasteiger charge is -2.15. The number of hydrogen-bond donors (Lipinski definition) is 0. The normalized spacial score (nSPS) is 10.2. The highest BCUT2D eigenvalue weighted by Gasteiger charge is 2.14. The number of rotatable bonds is 4. The van der Waals surface area contributed by atoms with E-state index in [2.05, 4.69) is 6.07 Å². The first-order valence-electron chi connectivity index (χ1n) is 6.39. The van der Waals surface area contributed by atoms with E-state index in [9.17, 15) is 4.79 Å². The van der Waals surface area contributed by atoms with Crippen molar-refractivity contribution in [2.75, 3.05) is 14.2 Å². The highest BCUT2D eigenvalue weighted by atomic mass is 16.5. The first-order chi connectivity index (χ1) is 9.60. The van der Waals surface area contributed by atoms with Crippen LogP contribution in [-0.4, -0.2) is 20.5 Å². The number of hydrogen-bond acceptors (Lipinski definition) is 3. The SMILES string of the molecule is COc1ccc(-c2c(C)cc(C)cc2OC)c(C=O)c1. The Morgan fingerprint density at radius 3 is 2.35 bits per heavy atom. The Labute approximate surface area is 119 Å². The van der Waals surface area contributed by atoms with Crippen molar-refractivity contribution in [1.29, 1.82) is 0 Å². The van der Waals surface area contributed by atoms with E-state index in [1.54, 1.807) is 20.3 Å². The quantitative estimate of drug-likeness (QED) is 0.793. The van der Waals surface area contributed by atoms with Gasteiger partial charge in [-0.15, -0.1) is 0 Å². The predicted molar refractivity (Wildman–Crippen MR) is 79.8 cm³/mol. The number of aldehydes is 1. The van der Waals surface area contributed by atoms with Gasteiger partial charge in [0.2, 0.25) is 0 Å². The van der Waals surface area contributed by atoms with Crippen molar-refractivity contribution in [3.63, 3.8) is 0 Å². The van der Waals surface area contributed by atoms with Gasteiger partial charge in [-0.05, 0) is 54.8 Å². The lowest BCUT2D eigenvalue weighted by molar-refractivity contribution is 0.112. The van der Waals surface area contributed by atoms with Gasteiger partial charge in [-0.1, -0.05) is 6.07 Å². The third kappa shape index (κ3) is 2.52. The number of carbonyl (C=O) groups excluding carboxylic acids is 1. The Kier molecular flexibility index (Phi) is 4.08. The molecule has 0 saturated heterocycles. The van der Waals surface area contributed by atoms with Crippen LogP contribution in [0, 0.1) is 13.8 Å². The molecule has 2 aromatic carbocycles. The fourth-order valence-corrected chi connectivity index (χ4v) is 2.43. The van der Waals surface area contributed by atoms with Crippen molar-refractivity contribution in [1.82, 2.24) is 0 Å². The summed E-state index contributed by atoms with van der Waals surface area (Å²) in [5.41, 5.74) is 4.60. The van der Waals surface area contributed by atoms with Crippen LogP contribution in [0.5, 0.6) is 11.5 Å². The number of methoxy groups -OCH3 is 2. The molecule has 0 bridgehead atoms. The Hall–Kier alpha value is -2.29. The molecular formula is C17H18O3. The molecule has 0 aliphatic carbocycles. The smallest absolute Gasteiger partial charge is 0.150 e. The van der Waals surface area contributed by atoms with Crippen LogP contribution in [0.4, 0.5) is 0 Å². The first-order valence-corrected chi connectivity index (χ1v) is 6.39. The summed E-state index contributed by atoms with van der Waals surface area (Å²) in [5, 5.41) is 0. The fraction of sp³-hybridized carbons (Fsp3) is 0.235. The molecule has 0 radical (unpaired) electrons. The second-order valence-corrected chi connectivity index (χ2v) is 4.73. The molecule has 0 N–H and O–H groups in total. The van der Waals surface area contributed by atoms with E-state index < -0.39 is 0 Å². The maximum Gasteiger partial charge on any atom is 0.150 e. The molecule has 0 spiro atoms. The lowest BCUT2D eigenvalue weighted by Crippen LogP contribution is -1.96. The van der Waals surface area contributed by atoms with Crippen molar-refractivity contribution < 1.29 is 14.3 Å². The van der Waals surface area contributed by atoms with E-state index >= 15 is 0 Å². The van der Waals surface area contributed by atoms with Gasteiger partial charge in [-0.2, -0.15) is 0 Å². The van der Waals surface area contributed by atoms with Gasteiger partial charge in [0.05, 0.1) is 14.2 Å². The minimum atomic E-state index is 0.592. The van der Waals surface area contributed by atoms with Gasteiger partial charge in [0, 0.05) is 11.1 Å². The van der Waals surface area contributed by atoms with E-state index in [0.717, 1.165) is 34.3 Å². The number of carbonyl (C=O) groups is 1. The van der Waals surface area contributed by atoms with Gasteiger partial charge in [0.1, 0.15) is 11.5 Å². The van der Waals surface area contributed by atoms with Gasteiger partial charge in [0.15, 0.2) is 6.29 Å². The third-order valence-electron chi connectivity index (χ3n) is 3.32. The van der Waals surface area contributed by atoms with Crippen LogP contribution in [-0.2, 0) is 0 Å². The van der Waals surface area contributed by atoms with Gasteiger partial charge < -0.3 is 9.47 Å². The van der Waals surface area contributed by atoms with Crippen molar-refractivity contribution in [2.45, 2.75) is 13.8 Å². The molecule has 0 heterocycles. The van der Waals surface area contributed by atoms with Crippen molar-refractivity contribution >= 4 is 6.29 Å². The number of aryl methyl sites for hydroxylation is 2. The number of benzene rings is 2. The molecule has 0 aromatic heterocycles. The molecule has 2 aromatic rings. The summed E-state index contributed by atoms with van der Waals surface area (Å²) in [4.78, 5) is 11.4. The van der Waals surface area contributed by atoms with Crippen LogP contribution in [0.2, 0.25) is 0 Å². The second-order valence-electron chi connectivity index (χ2n) is 4.73. The molecule has 3 nitrogen and oxygen atoms in total. The van der Waals surface area contributed by atoms with Crippen LogP contribution >= 0.6 is 0 Å². The molecule has 104 valence electrons. The lowest BCUT2D eigenvalue weighted by atomic mass is 9.94. The zero-order valence-electron chi connectivity index (χ0n) is 12.2. The number of ether oxygens (including phenoxy) is 2. The Morgan fingerprint density at radius 2 is 1.75 bits per heavy atom. The summed E-state index contributed by atoms with van der Waals surface area (Å²) in [6, 6.07) is 9.53. The molecule has 0 saturated carbocycles. The standard InChI is InChI=1S/C17H18O3/c1-11-7-12(2)17(16(8-11)20-4)15-6-5-14(19-3)9-13(15)10-18/h5-10H,1-4H3. The van der Waals surface area contributed by atoms with Gasteiger partial charge in [-0.3, -0.25) is 4.79 Å². The maximum absolute atomic E-state index is 11.4. The summed E-state index contributed by atoms with van der Waals surface area (Å²) in [6.07, 6.45) is 0.844. The average Bonchev–Trinajstić information content (AvgIpc) is 2.46. The van der Waals surface area contributed by atoms with Gasteiger partial charge in [-0.25, -0.2) is 0 Å². The molecule has 0 atom stereocenters. The maximum atomic E-state index is 11.4. The molecule has 0 unspecified atom stereocenters. The molecule has 0 fully saturated rings. The minimum absolute atomic E-state index is 0.592. The third-order valence-corrected chi connectivity index (χ3v) is 3.32. The zero-order valence-corrected chi connectivity index (χ0v) is 12.2. The molecule has 20 heavy (non-hydrogen) atoms. The molecule has 0 aliphatic rings. The molecule has 2 rings (SSSR count). The van der Waals surface area contributed by atoms with E-state index in [0.29, 0.717) is 11.3 Å². The summed E-state index contributed by atoms with van der Waals surface area (Å²) in [5.74, 6) is 1.44. The zero-order chi connectivity index (χ0) is 14.7. The predicted octanol–water partition coefficient (Wildman–Crippen LogP) is 3.80. The molecule has 0 aliphatic heterocycles. The topological polar surface area (TPSA) is 35.5 Å². The van der Waals surface area contributed by atoms with Crippen molar-refractivity contribution in [2.24, 2.45) is 0 Å². The summed E-state index contributed by atoms with van der Waals surface area (Å²) in [7, 11) is 3.23. The van der Waals surface area contributed by atoms with E-state index in [4.69, 9.17) is 9.47 Å². The first kappa shape index (κ1) is 14.1. The average molecular weight is 270 g/mol. The molecule has 3 heteroatoms. The Bertz CT molecular complexity index is 645. The van der Waals surface area contributed by atoms with Gasteiger partial charge >= 0.3 is 0 Å². The Balaban J connectivity index is 2.71. The fourth-order valence-electron chi connectivity index (χ4n) is 2.43. The van der Waals surface area contributed by atoms with Crippen LogP contribution in [0.1, 0.15) is 21.5 Å². The van der Waals surface area contributed by atoms with Crippen LogP contribution < -0.4 is 9.47 Å². The molecular weight excluding hydrogens is 252 g/mol. The monoisotopic (exact) mass is 270 g/mol. The summed E-state index contributed by atoms with van der Waals surface area (Å²) >= 11 is 0. The highest BCUT2D eigenvalue weighted by Crippen LogP contribution is 2.37. The van der Waals surface area contributed by atoms with E-state index in [1.807, 2.05) is 32.0 Å². The van der Waals surface area contributed by atoms with E-state index in [1.165, 1.54) is 0 Å². The van der Waals surface area contributed by atoms with Crippen molar-refractivity contribution in [3.05, 3.63) is 47.0 Å². The van der Waals surface area contributed by atoms with E-state index in [-0.39, 0.29) is 0 Å². The van der Waals surface area contributed by atoms with Crippen LogP contribution in [0.25, 0.3) is 11.1 Å². The van der Waals surface area contributed by atoms with Crippen LogP contribution in [0.3, 0.4) is 0 Å². The second kappa shape index (κ2) is 5.78. The molecule has 0 amide bonds. The van der Waals surface area contributed by atoms with Crippen molar-refractivity contribution in [3.8, 4) is 22.6 Å². The van der Waals surface area contributed by atoms with Crippen LogP contribution in [0.15, 0.2) is 30.3 Å².